The number of phenolic OH excluding ortho intramolecular Hbond substituents is 1. The number of aromatic hydroxyl groups is 1. The van der Waals surface area contributed by atoms with E-state index in [9.17, 15) is 5.11 Å². The molecule has 90 valence electrons. The molecule has 2 heterocycles. The second-order valence-corrected chi connectivity index (χ2v) is 3.80. The molecule has 7 nitrogen and oxygen atoms in total. The summed E-state index contributed by atoms with van der Waals surface area (Å²) >= 11 is 0. The molecule has 0 saturated carbocycles. The van der Waals surface area contributed by atoms with Crippen LogP contribution in [-0.2, 0) is 0 Å². The summed E-state index contributed by atoms with van der Waals surface area (Å²) in [5.74, 6) is 1.02. The molecule has 1 N–H and O–H groups in total. The fourth-order valence-corrected chi connectivity index (χ4v) is 1.63. The summed E-state index contributed by atoms with van der Waals surface area (Å²) in [4.78, 5) is 3.98. The Hall–Kier alpha value is -2.70. The molecule has 3 aromatic rings. The second-order valence-electron chi connectivity index (χ2n) is 3.80. The van der Waals surface area contributed by atoms with Crippen molar-refractivity contribution in [3.8, 4) is 17.4 Å². The Labute approximate surface area is 102 Å². The van der Waals surface area contributed by atoms with Crippen LogP contribution >= 0.6 is 0 Å². The van der Waals surface area contributed by atoms with Crippen LogP contribution in [0.5, 0.6) is 17.4 Å². The van der Waals surface area contributed by atoms with Crippen LogP contribution in [0, 0.1) is 6.92 Å². The van der Waals surface area contributed by atoms with Crippen LogP contribution < -0.4 is 4.74 Å². The zero-order valence-electron chi connectivity index (χ0n) is 9.48. The SMILES string of the molecule is Cc1cc(O)cc(Oc2cncc3nnnn23)c1. The minimum absolute atomic E-state index is 0.141. The number of aromatic nitrogens is 5. The highest BCUT2D eigenvalue weighted by Crippen LogP contribution is 2.25. The molecule has 0 unspecified atom stereocenters. The summed E-state index contributed by atoms with van der Waals surface area (Å²) in [6.45, 7) is 1.86. The molecule has 7 heteroatoms. The van der Waals surface area contributed by atoms with E-state index < -0.39 is 0 Å². The van der Waals surface area contributed by atoms with Crippen LogP contribution in [-0.4, -0.2) is 30.1 Å². The van der Waals surface area contributed by atoms with Crippen molar-refractivity contribution < 1.29 is 9.84 Å². The van der Waals surface area contributed by atoms with Gasteiger partial charge in [0.1, 0.15) is 11.5 Å². The zero-order chi connectivity index (χ0) is 12.5. The summed E-state index contributed by atoms with van der Waals surface area (Å²) in [6, 6.07) is 4.95. The molecule has 0 fully saturated rings. The van der Waals surface area contributed by atoms with Crippen molar-refractivity contribution in [1.29, 1.82) is 0 Å². The maximum atomic E-state index is 9.50. The number of tetrazole rings is 1. The molecule has 18 heavy (non-hydrogen) atoms. The van der Waals surface area contributed by atoms with Crippen LogP contribution in [0.2, 0.25) is 0 Å². The fraction of sp³-hybridized carbons (Fsp3) is 0.0909. The second kappa shape index (κ2) is 3.95. The summed E-state index contributed by atoms with van der Waals surface area (Å²) in [5, 5.41) is 20.6. The minimum Gasteiger partial charge on any atom is -0.508 e. The van der Waals surface area contributed by atoms with Crippen molar-refractivity contribution in [3.05, 3.63) is 36.2 Å². The van der Waals surface area contributed by atoms with E-state index in [1.807, 2.05) is 6.92 Å². The van der Waals surface area contributed by atoms with Gasteiger partial charge in [0.25, 0.3) is 0 Å². The monoisotopic (exact) mass is 243 g/mol. The first-order valence-electron chi connectivity index (χ1n) is 5.23. The van der Waals surface area contributed by atoms with Gasteiger partial charge >= 0.3 is 0 Å². The highest BCUT2D eigenvalue weighted by Gasteiger charge is 2.07. The topological polar surface area (TPSA) is 85.4 Å². The van der Waals surface area contributed by atoms with Gasteiger partial charge in [-0.2, -0.15) is 4.52 Å². The maximum absolute atomic E-state index is 9.50. The van der Waals surface area contributed by atoms with E-state index in [2.05, 4.69) is 20.5 Å². The molecule has 1 aromatic carbocycles. The van der Waals surface area contributed by atoms with E-state index in [1.165, 1.54) is 23.0 Å². The average molecular weight is 243 g/mol. The number of phenols is 1. The van der Waals surface area contributed by atoms with Crippen molar-refractivity contribution in [2.24, 2.45) is 0 Å². The Morgan fingerprint density at radius 1 is 1.22 bits per heavy atom. The quantitative estimate of drug-likeness (QED) is 0.730. The van der Waals surface area contributed by atoms with Crippen LogP contribution in [0.3, 0.4) is 0 Å². The van der Waals surface area contributed by atoms with Crippen LogP contribution in [0.15, 0.2) is 30.6 Å². The fourth-order valence-electron chi connectivity index (χ4n) is 1.63. The van der Waals surface area contributed by atoms with E-state index in [4.69, 9.17) is 4.74 Å². The maximum Gasteiger partial charge on any atom is 0.242 e. The molecule has 0 spiro atoms. The van der Waals surface area contributed by atoms with E-state index in [0.29, 0.717) is 17.3 Å². The van der Waals surface area contributed by atoms with Gasteiger partial charge in [-0.05, 0) is 35.0 Å². The number of aryl methyl sites for hydroxylation is 1. The van der Waals surface area contributed by atoms with Gasteiger partial charge in [-0.25, -0.2) is 0 Å². The lowest BCUT2D eigenvalue weighted by Gasteiger charge is -2.07. The lowest BCUT2D eigenvalue weighted by atomic mass is 10.2. The number of benzene rings is 1. The van der Waals surface area contributed by atoms with Crippen molar-refractivity contribution in [1.82, 2.24) is 25.0 Å². The summed E-state index contributed by atoms with van der Waals surface area (Å²) in [5.41, 5.74) is 1.38. The first-order chi connectivity index (χ1) is 8.72. The minimum atomic E-state index is 0.141. The van der Waals surface area contributed by atoms with Gasteiger partial charge in [0, 0.05) is 6.07 Å². The van der Waals surface area contributed by atoms with Gasteiger partial charge in [0.2, 0.25) is 11.5 Å². The van der Waals surface area contributed by atoms with Gasteiger partial charge in [0.15, 0.2) is 0 Å². The molecule has 0 saturated heterocycles. The van der Waals surface area contributed by atoms with Gasteiger partial charge in [-0.15, -0.1) is 5.10 Å². The predicted octanol–water partition coefficient (Wildman–Crippen LogP) is 1.33. The van der Waals surface area contributed by atoms with Crippen molar-refractivity contribution >= 4 is 5.65 Å². The van der Waals surface area contributed by atoms with E-state index in [-0.39, 0.29) is 5.75 Å². The van der Waals surface area contributed by atoms with Crippen LogP contribution in [0.25, 0.3) is 5.65 Å². The van der Waals surface area contributed by atoms with Crippen molar-refractivity contribution in [3.63, 3.8) is 0 Å². The summed E-state index contributed by atoms with van der Waals surface area (Å²) in [6.07, 6.45) is 3.03. The van der Waals surface area contributed by atoms with Crippen molar-refractivity contribution in [2.75, 3.05) is 0 Å². The number of ether oxygens (including phenoxy) is 1. The third kappa shape index (κ3) is 1.81. The Morgan fingerprint density at radius 3 is 2.94 bits per heavy atom. The number of rotatable bonds is 2. The molecule has 0 amide bonds. The predicted molar refractivity (Wildman–Crippen MR) is 61.5 cm³/mol. The van der Waals surface area contributed by atoms with Gasteiger partial charge in [0.05, 0.1) is 12.4 Å². The standard InChI is InChI=1S/C11H9N5O2/c1-7-2-8(17)4-9(3-7)18-11-6-12-5-10-13-14-15-16(10)11/h2-6,17H,1H3. The van der Waals surface area contributed by atoms with Gasteiger partial charge in [-0.1, -0.05) is 0 Å². The van der Waals surface area contributed by atoms with Gasteiger partial charge in [-0.3, -0.25) is 4.98 Å². The van der Waals surface area contributed by atoms with E-state index >= 15 is 0 Å². The molecule has 2 aromatic heterocycles. The number of hydrogen-bond donors (Lipinski definition) is 1. The highest BCUT2D eigenvalue weighted by molar-refractivity contribution is 5.40. The normalized spacial score (nSPS) is 10.7. The molecule has 0 aliphatic heterocycles. The molecule has 0 bridgehead atoms. The van der Waals surface area contributed by atoms with Crippen LogP contribution in [0.4, 0.5) is 0 Å². The molecule has 0 atom stereocenters. The molecule has 0 aliphatic carbocycles. The molecule has 0 aliphatic rings. The van der Waals surface area contributed by atoms with E-state index in [0.717, 1.165) is 5.56 Å². The number of fused-ring (bicyclic) bond motifs is 1. The summed E-state index contributed by atoms with van der Waals surface area (Å²) < 4.78 is 7.03. The lowest BCUT2D eigenvalue weighted by molar-refractivity contribution is 0.431. The third-order valence-electron chi connectivity index (χ3n) is 2.34. The summed E-state index contributed by atoms with van der Waals surface area (Å²) in [7, 11) is 0. The van der Waals surface area contributed by atoms with Crippen LogP contribution in [0.1, 0.15) is 5.56 Å². The number of nitrogens with zero attached hydrogens (tertiary/aromatic N) is 5. The van der Waals surface area contributed by atoms with Crippen molar-refractivity contribution in [2.45, 2.75) is 6.92 Å². The Kier molecular flexibility index (Phi) is 2.30. The molecule has 0 radical (unpaired) electrons. The third-order valence-corrected chi connectivity index (χ3v) is 2.34. The molecular weight excluding hydrogens is 234 g/mol. The smallest absolute Gasteiger partial charge is 0.242 e. The number of hydrogen-bond acceptors (Lipinski definition) is 6. The van der Waals surface area contributed by atoms with Gasteiger partial charge < -0.3 is 9.84 Å². The lowest BCUT2D eigenvalue weighted by Crippen LogP contribution is -1.96. The molecule has 3 rings (SSSR count). The highest BCUT2D eigenvalue weighted by atomic mass is 16.5. The average Bonchev–Trinajstić information content (AvgIpc) is 2.76. The Balaban J connectivity index is 2.03. The largest absolute Gasteiger partial charge is 0.508 e. The first kappa shape index (κ1) is 10.5. The molecular formula is C11H9N5O2. The Morgan fingerprint density at radius 2 is 2.11 bits per heavy atom. The zero-order valence-corrected chi connectivity index (χ0v) is 9.48. The first-order valence-corrected chi connectivity index (χ1v) is 5.23. The van der Waals surface area contributed by atoms with E-state index in [1.54, 1.807) is 12.1 Å². The Bertz CT molecular complexity index is 689.